The highest BCUT2D eigenvalue weighted by Crippen LogP contribution is 2.33. The highest BCUT2D eigenvalue weighted by Gasteiger charge is 2.25. The zero-order chi connectivity index (χ0) is 20.0. The Balaban J connectivity index is 1.54. The van der Waals surface area contributed by atoms with Gasteiger partial charge >= 0.3 is 0 Å². The number of likely N-dealkylation sites (tertiary alicyclic amines) is 1. The molecule has 5 nitrogen and oxygen atoms in total. The maximum absolute atomic E-state index is 12.5. The Hall–Kier alpha value is -2.63. The monoisotopic (exact) mass is 388 g/mol. The molecule has 2 aliphatic heterocycles. The third-order valence-corrected chi connectivity index (χ3v) is 6.03. The molecule has 0 radical (unpaired) electrons. The van der Waals surface area contributed by atoms with Crippen molar-refractivity contribution >= 4 is 16.8 Å². The summed E-state index contributed by atoms with van der Waals surface area (Å²) in [6.07, 6.45) is 2.63. The second-order valence-electron chi connectivity index (χ2n) is 8.69. The van der Waals surface area contributed by atoms with Crippen LogP contribution in [0.2, 0.25) is 0 Å². The van der Waals surface area contributed by atoms with Crippen molar-refractivity contribution in [3.05, 3.63) is 58.7 Å². The zero-order valence-electron chi connectivity index (χ0n) is 17.2. The van der Waals surface area contributed by atoms with Gasteiger partial charge in [0.05, 0.1) is 5.56 Å². The summed E-state index contributed by atoms with van der Waals surface area (Å²) >= 11 is 0. The number of amides is 1. The van der Waals surface area contributed by atoms with E-state index in [-0.39, 0.29) is 5.91 Å². The van der Waals surface area contributed by atoms with Crippen LogP contribution in [0.4, 0.5) is 0 Å². The van der Waals surface area contributed by atoms with Gasteiger partial charge in [0.25, 0.3) is 5.91 Å². The predicted octanol–water partition coefficient (Wildman–Crippen LogP) is 3.74. The van der Waals surface area contributed by atoms with E-state index in [1.165, 1.54) is 42.4 Å². The van der Waals surface area contributed by atoms with Crippen molar-refractivity contribution in [1.29, 1.82) is 0 Å². The summed E-state index contributed by atoms with van der Waals surface area (Å²) in [7, 11) is 4.14. The van der Waals surface area contributed by atoms with Crippen molar-refractivity contribution in [3.8, 4) is 11.3 Å². The van der Waals surface area contributed by atoms with Crippen molar-refractivity contribution in [2.24, 2.45) is 0 Å². The van der Waals surface area contributed by atoms with Gasteiger partial charge in [-0.05, 0) is 81.0 Å². The second-order valence-corrected chi connectivity index (χ2v) is 8.69. The highest BCUT2D eigenvalue weighted by atomic mass is 16.1. The summed E-state index contributed by atoms with van der Waals surface area (Å²) in [6.45, 7) is 4.90. The Bertz CT molecular complexity index is 1080. The van der Waals surface area contributed by atoms with Crippen LogP contribution in [-0.4, -0.2) is 47.9 Å². The van der Waals surface area contributed by atoms with Crippen LogP contribution in [0.1, 0.15) is 39.9 Å². The van der Waals surface area contributed by atoms with Crippen molar-refractivity contribution < 1.29 is 4.79 Å². The van der Waals surface area contributed by atoms with E-state index in [1.807, 2.05) is 0 Å². The van der Waals surface area contributed by atoms with Gasteiger partial charge in [-0.1, -0.05) is 12.1 Å². The number of hydrogen-bond donors (Lipinski definition) is 2. The lowest BCUT2D eigenvalue weighted by atomic mass is 9.97. The molecule has 1 aromatic heterocycles. The lowest BCUT2D eigenvalue weighted by Gasteiger charge is -2.14. The molecule has 0 unspecified atom stereocenters. The van der Waals surface area contributed by atoms with Crippen LogP contribution < -0.4 is 5.32 Å². The number of nitrogens with zero attached hydrogens (tertiary/aromatic N) is 2. The van der Waals surface area contributed by atoms with Gasteiger partial charge in [-0.25, -0.2) is 0 Å². The fourth-order valence-corrected chi connectivity index (χ4v) is 4.73. The highest BCUT2D eigenvalue weighted by molar-refractivity contribution is 6.05. The van der Waals surface area contributed by atoms with Gasteiger partial charge in [-0.3, -0.25) is 9.69 Å². The Morgan fingerprint density at radius 1 is 1.03 bits per heavy atom. The minimum atomic E-state index is 0.0276. The van der Waals surface area contributed by atoms with E-state index in [9.17, 15) is 4.79 Å². The first-order valence-corrected chi connectivity index (χ1v) is 10.5. The van der Waals surface area contributed by atoms with Crippen LogP contribution in [0.25, 0.3) is 22.2 Å². The number of fused-ring (bicyclic) bond motifs is 2. The number of H-pyrrole nitrogens is 1. The van der Waals surface area contributed by atoms with Crippen LogP contribution in [0.5, 0.6) is 0 Å². The number of hydrogen-bond acceptors (Lipinski definition) is 3. The molecule has 2 aliphatic rings. The van der Waals surface area contributed by atoms with Crippen molar-refractivity contribution in [2.75, 3.05) is 27.2 Å². The summed E-state index contributed by atoms with van der Waals surface area (Å²) in [6, 6.07) is 13.2. The van der Waals surface area contributed by atoms with E-state index >= 15 is 0 Å². The number of aromatic amines is 1. The van der Waals surface area contributed by atoms with Gasteiger partial charge in [-0.2, -0.15) is 0 Å². The van der Waals surface area contributed by atoms with Gasteiger partial charge in [0.1, 0.15) is 0 Å². The van der Waals surface area contributed by atoms with Gasteiger partial charge in [0.2, 0.25) is 0 Å². The third-order valence-electron chi connectivity index (χ3n) is 6.03. The summed E-state index contributed by atoms with van der Waals surface area (Å²) in [5, 5.41) is 4.20. The fourth-order valence-electron chi connectivity index (χ4n) is 4.73. The van der Waals surface area contributed by atoms with E-state index in [2.05, 4.69) is 70.6 Å². The molecule has 2 N–H and O–H groups in total. The lowest BCUT2D eigenvalue weighted by molar-refractivity contribution is 0.0966. The topological polar surface area (TPSA) is 51.4 Å². The van der Waals surface area contributed by atoms with E-state index < -0.39 is 0 Å². The summed E-state index contributed by atoms with van der Waals surface area (Å²) in [5.41, 5.74) is 7.64. The maximum Gasteiger partial charge on any atom is 0.252 e. The second kappa shape index (κ2) is 7.32. The number of carbonyl (C=O) groups excluding carboxylic acids is 1. The summed E-state index contributed by atoms with van der Waals surface area (Å²) < 4.78 is 0. The first-order chi connectivity index (χ1) is 14.1. The molecule has 3 aromatic rings. The maximum atomic E-state index is 12.5. The molecular weight excluding hydrogens is 360 g/mol. The van der Waals surface area contributed by atoms with E-state index in [0.29, 0.717) is 6.54 Å². The summed E-state index contributed by atoms with van der Waals surface area (Å²) in [5.74, 6) is 0.0276. The zero-order valence-corrected chi connectivity index (χ0v) is 17.2. The van der Waals surface area contributed by atoms with Gasteiger partial charge in [-0.15, -0.1) is 0 Å². The lowest BCUT2D eigenvalue weighted by Crippen LogP contribution is -2.18. The van der Waals surface area contributed by atoms with Crippen LogP contribution in [-0.2, 0) is 19.6 Å². The number of nitrogens with one attached hydrogen (secondary N) is 2. The first kappa shape index (κ1) is 18.4. The van der Waals surface area contributed by atoms with Crippen LogP contribution in [0.15, 0.2) is 36.4 Å². The number of benzene rings is 2. The molecule has 2 aromatic carbocycles. The Labute approximate surface area is 171 Å². The van der Waals surface area contributed by atoms with E-state index in [0.717, 1.165) is 41.0 Å². The van der Waals surface area contributed by atoms with Crippen LogP contribution >= 0.6 is 0 Å². The standard InChI is InChI=1S/C24H28N4O/c1-27(2)14-17-10-19-13-25-24(29)23(19)20(11-17)22-12-18-9-16(5-6-21(18)26-22)15-28-7-3-4-8-28/h5-6,9-12,26H,3-4,7-8,13-15H2,1-2H3,(H,25,29). The minimum Gasteiger partial charge on any atom is -0.355 e. The van der Waals surface area contributed by atoms with Gasteiger partial charge in [0.15, 0.2) is 0 Å². The smallest absolute Gasteiger partial charge is 0.252 e. The quantitative estimate of drug-likeness (QED) is 0.700. The number of aromatic nitrogens is 1. The van der Waals surface area contributed by atoms with Crippen molar-refractivity contribution in [3.63, 3.8) is 0 Å². The third kappa shape index (κ3) is 3.56. The largest absolute Gasteiger partial charge is 0.355 e. The van der Waals surface area contributed by atoms with Crippen LogP contribution in [0.3, 0.4) is 0 Å². The predicted molar refractivity (Wildman–Crippen MR) is 117 cm³/mol. The van der Waals surface area contributed by atoms with E-state index in [1.54, 1.807) is 0 Å². The Kier molecular flexibility index (Phi) is 4.64. The molecule has 1 saturated heterocycles. The molecule has 5 rings (SSSR count). The first-order valence-electron chi connectivity index (χ1n) is 10.5. The SMILES string of the molecule is CN(C)Cc1cc2c(c(-c3cc4cc(CN5CCCC5)ccc4[nH]3)c1)C(=O)NC2. The van der Waals surface area contributed by atoms with Crippen molar-refractivity contribution in [2.45, 2.75) is 32.5 Å². The molecule has 0 atom stereocenters. The molecule has 29 heavy (non-hydrogen) atoms. The average Bonchev–Trinajstić information content (AvgIpc) is 3.41. The molecule has 3 heterocycles. The summed E-state index contributed by atoms with van der Waals surface area (Å²) in [4.78, 5) is 20.8. The van der Waals surface area contributed by atoms with Crippen molar-refractivity contribution in [1.82, 2.24) is 20.1 Å². The Morgan fingerprint density at radius 3 is 2.66 bits per heavy atom. The average molecular weight is 389 g/mol. The Morgan fingerprint density at radius 2 is 1.86 bits per heavy atom. The molecule has 0 bridgehead atoms. The molecule has 1 amide bonds. The molecule has 150 valence electrons. The van der Waals surface area contributed by atoms with E-state index in [4.69, 9.17) is 0 Å². The number of carbonyl (C=O) groups is 1. The van der Waals surface area contributed by atoms with Gasteiger partial charge < -0.3 is 15.2 Å². The molecule has 5 heteroatoms. The molecule has 0 saturated carbocycles. The molecular formula is C24H28N4O. The molecule has 1 fully saturated rings. The van der Waals surface area contributed by atoms with Gasteiger partial charge in [0, 0.05) is 41.8 Å². The fraction of sp³-hybridized carbons (Fsp3) is 0.375. The number of rotatable bonds is 5. The van der Waals surface area contributed by atoms with Crippen LogP contribution in [0, 0.1) is 0 Å². The normalized spacial score (nSPS) is 16.7. The minimum absolute atomic E-state index is 0.0276. The molecule has 0 spiro atoms. The molecule has 0 aliphatic carbocycles.